The molecule has 0 aliphatic heterocycles. The number of amides is 2. The van der Waals surface area contributed by atoms with Gasteiger partial charge in [0.2, 0.25) is 11.8 Å². The summed E-state index contributed by atoms with van der Waals surface area (Å²) in [5.41, 5.74) is 12.3. The standard InChI is InChI=1S/C14H17N3O2/c15-11-6-5-10(7-11)14(19)17-12-4-2-1-3-9(12)8-13(16)18/h1-6,10-11H,7-8,15H2,(H2,16,18)(H,17,19). The van der Waals surface area contributed by atoms with E-state index in [9.17, 15) is 9.59 Å². The Morgan fingerprint density at radius 3 is 2.63 bits per heavy atom. The van der Waals surface area contributed by atoms with Crippen LogP contribution >= 0.6 is 0 Å². The van der Waals surface area contributed by atoms with E-state index in [1.165, 1.54) is 0 Å². The van der Waals surface area contributed by atoms with Gasteiger partial charge in [0.1, 0.15) is 0 Å². The first kappa shape index (κ1) is 13.3. The highest BCUT2D eigenvalue weighted by atomic mass is 16.2. The first-order valence-corrected chi connectivity index (χ1v) is 6.17. The number of hydrogen-bond donors (Lipinski definition) is 3. The van der Waals surface area contributed by atoms with Gasteiger partial charge in [-0.05, 0) is 18.1 Å². The van der Waals surface area contributed by atoms with Gasteiger partial charge in [-0.2, -0.15) is 0 Å². The van der Waals surface area contributed by atoms with E-state index in [0.717, 1.165) is 5.56 Å². The lowest BCUT2D eigenvalue weighted by molar-refractivity contribution is -0.119. The summed E-state index contributed by atoms with van der Waals surface area (Å²) in [6.45, 7) is 0. The molecule has 0 saturated carbocycles. The van der Waals surface area contributed by atoms with Crippen LogP contribution in [0.4, 0.5) is 5.69 Å². The topological polar surface area (TPSA) is 98.2 Å². The van der Waals surface area contributed by atoms with Crippen LogP contribution in [0.3, 0.4) is 0 Å². The number of nitrogens with two attached hydrogens (primary N) is 2. The molecule has 0 saturated heterocycles. The molecule has 2 atom stereocenters. The quantitative estimate of drug-likeness (QED) is 0.689. The van der Waals surface area contributed by atoms with Crippen LogP contribution in [0.2, 0.25) is 0 Å². The molecule has 0 radical (unpaired) electrons. The van der Waals surface area contributed by atoms with E-state index < -0.39 is 5.91 Å². The van der Waals surface area contributed by atoms with Crippen LogP contribution in [0.25, 0.3) is 0 Å². The highest BCUT2D eigenvalue weighted by Gasteiger charge is 2.23. The summed E-state index contributed by atoms with van der Waals surface area (Å²) in [6, 6.07) is 7.08. The molecule has 5 heteroatoms. The zero-order valence-electron chi connectivity index (χ0n) is 10.5. The summed E-state index contributed by atoms with van der Waals surface area (Å²) in [5, 5.41) is 2.82. The van der Waals surface area contributed by atoms with Crippen LogP contribution in [0.5, 0.6) is 0 Å². The average Bonchev–Trinajstić information content (AvgIpc) is 2.78. The van der Waals surface area contributed by atoms with Gasteiger partial charge in [-0.25, -0.2) is 0 Å². The summed E-state index contributed by atoms with van der Waals surface area (Å²) >= 11 is 0. The Bertz CT molecular complexity index is 525. The Morgan fingerprint density at radius 2 is 2.00 bits per heavy atom. The van der Waals surface area contributed by atoms with Gasteiger partial charge in [-0.1, -0.05) is 30.4 Å². The van der Waals surface area contributed by atoms with Crippen molar-refractivity contribution in [3.8, 4) is 0 Å². The second-order valence-corrected chi connectivity index (χ2v) is 4.68. The Labute approximate surface area is 111 Å². The molecule has 1 aliphatic rings. The maximum Gasteiger partial charge on any atom is 0.231 e. The van der Waals surface area contributed by atoms with Crippen LogP contribution in [0.1, 0.15) is 12.0 Å². The number of hydrogen-bond acceptors (Lipinski definition) is 3. The number of nitrogens with one attached hydrogen (secondary N) is 1. The zero-order valence-corrected chi connectivity index (χ0v) is 10.5. The van der Waals surface area contributed by atoms with E-state index in [1.807, 2.05) is 12.2 Å². The maximum absolute atomic E-state index is 12.1. The molecule has 0 fully saturated rings. The van der Waals surface area contributed by atoms with Gasteiger partial charge >= 0.3 is 0 Å². The maximum atomic E-state index is 12.1. The van der Waals surface area contributed by atoms with Crippen molar-refractivity contribution >= 4 is 17.5 Å². The van der Waals surface area contributed by atoms with Gasteiger partial charge in [0.05, 0.1) is 12.3 Å². The Kier molecular flexibility index (Phi) is 3.97. The molecule has 100 valence electrons. The molecule has 19 heavy (non-hydrogen) atoms. The largest absolute Gasteiger partial charge is 0.369 e. The van der Waals surface area contributed by atoms with Gasteiger partial charge in [0, 0.05) is 11.7 Å². The predicted molar refractivity (Wildman–Crippen MR) is 73.2 cm³/mol. The molecule has 1 aliphatic carbocycles. The minimum Gasteiger partial charge on any atom is -0.369 e. The van der Waals surface area contributed by atoms with Gasteiger partial charge in [-0.15, -0.1) is 0 Å². The minimum atomic E-state index is -0.426. The fourth-order valence-corrected chi connectivity index (χ4v) is 2.13. The van der Waals surface area contributed by atoms with Gasteiger partial charge in [0.15, 0.2) is 0 Å². The number of benzene rings is 1. The summed E-state index contributed by atoms with van der Waals surface area (Å²) < 4.78 is 0. The zero-order chi connectivity index (χ0) is 13.8. The van der Waals surface area contributed by atoms with Crippen molar-refractivity contribution in [1.82, 2.24) is 0 Å². The third kappa shape index (κ3) is 3.42. The first-order valence-electron chi connectivity index (χ1n) is 6.17. The van der Waals surface area contributed by atoms with Crippen molar-refractivity contribution in [2.75, 3.05) is 5.32 Å². The Balaban J connectivity index is 2.08. The van der Waals surface area contributed by atoms with E-state index in [2.05, 4.69) is 5.32 Å². The third-order valence-corrected chi connectivity index (χ3v) is 3.09. The lowest BCUT2D eigenvalue weighted by atomic mass is 10.1. The molecule has 2 rings (SSSR count). The molecule has 0 heterocycles. The van der Waals surface area contributed by atoms with E-state index >= 15 is 0 Å². The molecule has 1 aromatic carbocycles. The number of anilines is 1. The number of carbonyl (C=O) groups excluding carboxylic acids is 2. The van der Waals surface area contributed by atoms with Crippen molar-refractivity contribution in [3.63, 3.8) is 0 Å². The minimum absolute atomic E-state index is 0.0587. The fourth-order valence-electron chi connectivity index (χ4n) is 2.13. The summed E-state index contributed by atoms with van der Waals surface area (Å²) in [6.07, 6.45) is 4.37. The van der Waals surface area contributed by atoms with Crippen LogP contribution < -0.4 is 16.8 Å². The molecule has 5 N–H and O–H groups in total. The van der Waals surface area contributed by atoms with E-state index in [-0.39, 0.29) is 24.3 Å². The predicted octanol–water partition coefficient (Wildman–Crippen LogP) is 0.556. The van der Waals surface area contributed by atoms with E-state index in [4.69, 9.17) is 11.5 Å². The van der Waals surface area contributed by atoms with Crippen LogP contribution in [-0.2, 0) is 16.0 Å². The highest BCUT2D eigenvalue weighted by Crippen LogP contribution is 2.21. The smallest absolute Gasteiger partial charge is 0.231 e. The first-order chi connectivity index (χ1) is 9.06. The average molecular weight is 259 g/mol. The molecule has 0 aromatic heterocycles. The molecular weight excluding hydrogens is 242 g/mol. The van der Waals surface area contributed by atoms with Gasteiger partial charge in [0.25, 0.3) is 0 Å². The van der Waals surface area contributed by atoms with Crippen molar-refractivity contribution in [3.05, 3.63) is 42.0 Å². The monoisotopic (exact) mass is 259 g/mol. The summed E-state index contributed by atoms with van der Waals surface area (Å²) in [7, 11) is 0. The van der Waals surface area contributed by atoms with E-state index in [0.29, 0.717) is 12.1 Å². The SMILES string of the molecule is NC(=O)Cc1ccccc1NC(=O)C1C=CC(N)C1. The lowest BCUT2D eigenvalue weighted by Gasteiger charge is -2.13. The molecule has 2 amide bonds. The van der Waals surface area contributed by atoms with Crippen molar-refractivity contribution in [2.45, 2.75) is 18.9 Å². The highest BCUT2D eigenvalue weighted by molar-refractivity contribution is 5.95. The number of rotatable bonds is 4. The number of primary amides is 1. The van der Waals surface area contributed by atoms with Crippen LogP contribution in [0.15, 0.2) is 36.4 Å². The van der Waals surface area contributed by atoms with Crippen LogP contribution in [-0.4, -0.2) is 17.9 Å². The van der Waals surface area contributed by atoms with Crippen LogP contribution in [0, 0.1) is 5.92 Å². The molecule has 5 nitrogen and oxygen atoms in total. The van der Waals surface area contributed by atoms with Crippen molar-refractivity contribution in [2.24, 2.45) is 17.4 Å². The molecule has 0 spiro atoms. The second kappa shape index (κ2) is 5.67. The normalized spacial score (nSPS) is 21.3. The second-order valence-electron chi connectivity index (χ2n) is 4.68. The number of carbonyl (C=O) groups is 2. The molecular formula is C14H17N3O2. The van der Waals surface area contributed by atoms with Crippen molar-refractivity contribution < 1.29 is 9.59 Å². The summed E-state index contributed by atoms with van der Waals surface area (Å²) in [4.78, 5) is 23.1. The van der Waals surface area contributed by atoms with Gasteiger partial charge < -0.3 is 16.8 Å². The van der Waals surface area contributed by atoms with Gasteiger partial charge in [-0.3, -0.25) is 9.59 Å². The number of para-hydroxylation sites is 1. The fraction of sp³-hybridized carbons (Fsp3) is 0.286. The molecule has 0 bridgehead atoms. The Morgan fingerprint density at radius 1 is 1.26 bits per heavy atom. The summed E-state index contributed by atoms with van der Waals surface area (Å²) in [5.74, 6) is -0.748. The molecule has 2 unspecified atom stereocenters. The lowest BCUT2D eigenvalue weighted by Crippen LogP contribution is -2.25. The molecule has 1 aromatic rings. The van der Waals surface area contributed by atoms with E-state index in [1.54, 1.807) is 24.3 Å². The third-order valence-electron chi connectivity index (χ3n) is 3.09. The Hall–Kier alpha value is -2.14. The van der Waals surface area contributed by atoms with Crippen molar-refractivity contribution in [1.29, 1.82) is 0 Å².